The highest BCUT2D eigenvalue weighted by Gasteiger charge is 2.23. The first-order chi connectivity index (χ1) is 8.54. The number of aliphatic hydroxyl groups excluding tert-OH is 1. The zero-order valence-electron chi connectivity index (χ0n) is 10.5. The Hall–Kier alpha value is -1.88. The van der Waals surface area contributed by atoms with Crippen LogP contribution in [0.4, 0.5) is 5.69 Å². The molecule has 0 saturated carbocycles. The number of nitro benzene ring substituents is 1. The SMILES string of the molecule is Cc1ccc2c(c1[N+](=O)[O-])C=CN([C@H](C)CO)C2. The van der Waals surface area contributed by atoms with Gasteiger partial charge in [0.2, 0.25) is 0 Å². The van der Waals surface area contributed by atoms with Gasteiger partial charge in [-0.3, -0.25) is 10.1 Å². The van der Waals surface area contributed by atoms with E-state index in [1.54, 1.807) is 19.1 Å². The number of fused-ring (bicyclic) bond motifs is 1. The number of aryl methyl sites for hydroxylation is 1. The molecule has 0 saturated heterocycles. The predicted molar refractivity (Wildman–Crippen MR) is 69.0 cm³/mol. The molecule has 0 aromatic heterocycles. The minimum atomic E-state index is -0.330. The molecule has 96 valence electrons. The molecule has 0 amide bonds. The van der Waals surface area contributed by atoms with E-state index in [0.29, 0.717) is 17.7 Å². The smallest absolute Gasteiger partial charge is 0.279 e. The molecule has 0 aliphatic carbocycles. The van der Waals surface area contributed by atoms with Crippen LogP contribution in [0.1, 0.15) is 23.6 Å². The standard InChI is InChI=1S/C13H16N2O3/c1-9-3-4-11-7-14(10(2)8-16)6-5-12(11)13(9)15(17)18/h3-6,10,16H,7-8H2,1-2H3/t10-/m1/s1. The summed E-state index contributed by atoms with van der Waals surface area (Å²) in [5.74, 6) is 0. The van der Waals surface area contributed by atoms with Crippen molar-refractivity contribution in [3.63, 3.8) is 0 Å². The lowest BCUT2D eigenvalue weighted by atomic mass is 9.98. The van der Waals surface area contributed by atoms with Crippen LogP contribution >= 0.6 is 0 Å². The monoisotopic (exact) mass is 248 g/mol. The van der Waals surface area contributed by atoms with E-state index in [4.69, 9.17) is 5.11 Å². The molecular weight excluding hydrogens is 232 g/mol. The largest absolute Gasteiger partial charge is 0.394 e. The van der Waals surface area contributed by atoms with Crippen LogP contribution in [0, 0.1) is 17.0 Å². The summed E-state index contributed by atoms with van der Waals surface area (Å²) in [6.07, 6.45) is 3.58. The molecule has 0 spiro atoms. The second kappa shape index (κ2) is 4.78. The lowest BCUT2D eigenvalue weighted by molar-refractivity contribution is -0.385. The molecule has 5 nitrogen and oxygen atoms in total. The topological polar surface area (TPSA) is 66.6 Å². The van der Waals surface area contributed by atoms with E-state index >= 15 is 0 Å². The Kier molecular flexibility index (Phi) is 3.34. The van der Waals surface area contributed by atoms with E-state index in [9.17, 15) is 10.1 Å². The second-order valence-corrected chi connectivity index (χ2v) is 4.58. The van der Waals surface area contributed by atoms with Gasteiger partial charge in [0, 0.05) is 24.4 Å². The molecule has 0 fully saturated rings. The number of nitrogens with zero attached hydrogens (tertiary/aromatic N) is 2. The van der Waals surface area contributed by atoms with Crippen molar-refractivity contribution < 1.29 is 10.0 Å². The maximum atomic E-state index is 11.1. The van der Waals surface area contributed by atoms with Gasteiger partial charge in [0.1, 0.15) is 0 Å². The third kappa shape index (κ3) is 2.09. The van der Waals surface area contributed by atoms with Crippen LogP contribution in [0.15, 0.2) is 18.3 Å². The third-order valence-electron chi connectivity index (χ3n) is 3.31. The summed E-state index contributed by atoms with van der Waals surface area (Å²) < 4.78 is 0. The quantitative estimate of drug-likeness (QED) is 0.657. The molecule has 1 aliphatic heterocycles. The van der Waals surface area contributed by atoms with Crippen molar-refractivity contribution in [1.29, 1.82) is 0 Å². The molecule has 1 N–H and O–H groups in total. The summed E-state index contributed by atoms with van der Waals surface area (Å²) in [4.78, 5) is 12.7. The van der Waals surface area contributed by atoms with Crippen molar-refractivity contribution in [3.8, 4) is 0 Å². The van der Waals surface area contributed by atoms with Crippen LogP contribution < -0.4 is 0 Å². The molecule has 1 aromatic carbocycles. The lowest BCUT2D eigenvalue weighted by Gasteiger charge is -2.30. The number of hydrogen-bond donors (Lipinski definition) is 1. The highest BCUT2D eigenvalue weighted by Crippen LogP contribution is 2.31. The fourth-order valence-electron chi connectivity index (χ4n) is 2.15. The summed E-state index contributed by atoms with van der Waals surface area (Å²) in [5, 5.41) is 20.2. The van der Waals surface area contributed by atoms with Gasteiger partial charge in [0.05, 0.1) is 17.1 Å². The van der Waals surface area contributed by atoms with Crippen LogP contribution in [0.5, 0.6) is 0 Å². The van der Waals surface area contributed by atoms with Crippen LogP contribution in [0.2, 0.25) is 0 Å². The predicted octanol–water partition coefficient (Wildman–Crippen LogP) is 2.07. The average Bonchev–Trinajstić information content (AvgIpc) is 2.36. The van der Waals surface area contributed by atoms with E-state index in [-0.39, 0.29) is 23.3 Å². The average molecular weight is 248 g/mol. The zero-order valence-corrected chi connectivity index (χ0v) is 10.5. The van der Waals surface area contributed by atoms with Gasteiger partial charge in [-0.25, -0.2) is 0 Å². The van der Waals surface area contributed by atoms with Crippen molar-refractivity contribution in [2.75, 3.05) is 6.61 Å². The van der Waals surface area contributed by atoms with Gasteiger partial charge < -0.3 is 10.0 Å². The van der Waals surface area contributed by atoms with Crippen molar-refractivity contribution in [3.05, 3.63) is 45.1 Å². The molecule has 0 radical (unpaired) electrons. The number of hydrogen-bond acceptors (Lipinski definition) is 4. The Balaban J connectivity index is 2.43. The number of nitro groups is 1. The normalized spacial score (nSPS) is 15.4. The summed E-state index contributed by atoms with van der Waals surface area (Å²) in [6.45, 7) is 4.31. The first-order valence-electron chi connectivity index (χ1n) is 5.86. The first-order valence-corrected chi connectivity index (χ1v) is 5.86. The Labute approximate surface area is 105 Å². The van der Waals surface area contributed by atoms with Crippen molar-refractivity contribution >= 4 is 11.8 Å². The van der Waals surface area contributed by atoms with Crippen LogP contribution in [-0.2, 0) is 6.54 Å². The molecule has 1 atom stereocenters. The van der Waals surface area contributed by atoms with E-state index in [2.05, 4.69) is 0 Å². The molecule has 1 heterocycles. The summed E-state index contributed by atoms with van der Waals surface area (Å²) in [5.41, 5.74) is 2.46. The molecule has 2 rings (SSSR count). The van der Waals surface area contributed by atoms with Crippen LogP contribution in [0.3, 0.4) is 0 Å². The molecular formula is C13H16N2O3. The maximum Gasteiger partial charge on any atom is 0.279 e. The van der Waals surface area contributed by atoms with Gasteiger partial charge in [0.15, 0.2) is 0 Å². The Bertz CT molecular complexity index is 511. The fraction of sp³-hybridized carbons (Fsp3) is 0.385. The number of aliphatic hydroxyl groups is 1. The van der Waals surface area contributed by atoms with Gasteiger partial charge in [-0.2, -0.15) is 0 Å². The highest BCUT2D eigenvalue weighted by molar-refractivity contribution is 5.68. The molecule has 0 unspecified atom stereocenters. The van der Waals surface area contributed by atoms with Crippen molar-refractivity contribution in [1.82, 2.24) is 4.90 Å². The summed E-state index contributed by atoms with van der Waals surface area (Å²) in [7, 11) is 0. The lowest BCUT2D eigenvalue weighted by Crippen LogP contribution is -2.32. The van der Waals surface area contributed by atoms with E-state index in [1.807, 2.05) is 24.1 Å². The molecule has 1 aromatic rings. The number of rotatable bonds is 3. The van der Waals surface area contributed by atoms with Gasteiger partial charge in [-0.15, -0.1) is 0 Å². The van der Waals surface area contributed by atoms with Gasteiger partial charge in [-0.1, -0.05) is 12.1 Å². The number of benzene rings is 1. The summed E-state index contributed by atoms with van der Waals surface area (Å²) in [6, 6.07) is 3.70. The maximum absolute atomic E-state index is 11.1. The van der Waals surface area contributed by atoms with Gasteiger partial charge in [0.25, 0.3) is 5.69 Å². The summed E-state index contributed by atoms with van der Waals surface area (Å²) >= 11 is 0. The van der Waals surface area contributed by atoms with E-state index in [0.717, 1.165) is 5.56 Å². The van der Waals surface area contributed by atoms with Crippen molar-refractivity contribution in [2.45, 2.75) is 26.4 Å². The second-order valence-electron chi connectivity index (χ2n) is 4.58. The minimum absolute atomic E-state index is 0.00904. The first kappa shape index (κ1) is 12.6. The minimum Gasteiger partial charge on any atom is -0.394 e. The van der Waals surface area contributed by atoms with Crippen LogP contribution in [-0.4, -0.2) is 27.6 Å². The van der Waals surface area contributed by atoms with E-state index in [1.165, 1.54) is 0 Å². The van der Waals surface area contributed by atoms with Crippen molar-refractivity contribution in [2.24, 2.45) is 0 Å². The molecule has 5 heteroatoms. The molecule has 1 aliphatic rings. The molecule has 0 bridgehead atoms. The zero-order chi connectivity index (χ0) is 13.3. The third-order valence-corrected chi connectivity index (χ3v) is 3.31. The Morgan fingerprint density at radius 2 is 2.28 bits per heavy atom. The van der Waals surface area contributed by atoms with Gasteiger partial charge in [-0.05, 0) is 25.5 Å². The molecule has 18 heavy (non-hydrogen) atoms. The van der Waals surface area contributed by atoms with Gasteiger partial charge >= 0.3 is 0 Å². The van der Waals surface area contributed by atoms with E-state index < -0.39 is 0 Å². The Morgan fingerprint density at radius 1 is 1.56 bits per heavy atom. The highest BCUT2D eigenvalue weighted by atomic mass is 16.6. The fourth-order valence-corrected chi connectivity index (χ4v) is 2.15. The van der Waals surface area contributed by atoms with Crippen LogP contribution in [0.25, 0.3) is 6.08 Å². The Morgan fingerprint density at radius 3 is 2.89 bits per heavy atom.